The lowest BCUT2D eigenvalue weighted by Gasteiger charge is -2.11. The molecule has 0 unspecified atom stereocenters. The lowest BCUT2D eigenvalue weighted by Crippen LogP contribution is -2.00. The lowest BCUT2D eigenvalue weighted by molar-refractivity contribution is 0.669. The van der Waals surface area contributed by atoms with Crippen LogP contribution in [0.3, 0.4) is 0 Å². The Kier molecular flexibility index (Phi) is 5.86. The van der Waals surface area contributed by atoms with Gasteiger partial charge in [0, 0.05) is 43.4 Å². The second-order valence-electron chi connectivity index (χ2n) is 12.7. The zero-order chi connectivity index (χ0) is 33.5. The third kappa shape index (κ3) is 4.20. The fourth-order valence-corrected chi connectivity index (χ4v) is 7.44. The minimum absolute atomic E-state index is 0.504. The summed E-state index contributed by atoms with van der Waals surface area (Å²) in [5, 5.41) is 6.19. The van der Waals surface area contributed by atoms with Crippen molar-refractivity contribution in [1.29, 1.82) is 0 Å². The van der Waals surface area contributed by atoms with Crippen molar-refractivity contribution >= 4 is 65.8 Å². The van der Waals surface area contributed by atoms with Crippen molar-refractivity contribution in [3.8, 4) is 45.3 Å². The van der Waals surface area contributed by atoms with Crippen molar-refractivity contribution in [1.82, 2.24) is 15.0 Å². The smallest absolute Gasteiger partial charge is 0.167 e. The molecule has 4 heterocycles. The van der Waals surface area contributed by atoms with Crippen LogP contribution in [0, 0.1) is 0 Å². The molecule has 7 aromatic carbocycles. The molecule has 0 fully saturated rings. The fourth-order valence-electron chi connectivity index (χ4n) is 7.44. The lowest BCUT2D eigenvalue weighted by atomic mass is 9.95. The predicted molar refractivity (Wildman–Crippen MR) is 203 cm³/mol. The first-order chi connectivity index (χ1) is 25.3. The van der Waals surface area contributed by atoms with Gasteiger partial charge in [-0.1, -0.05) is 121 Å². The molecule has 238 valence electrons. The Morgan fingerprint density at radius 3 is 1.41 bits per heavy atom. The highest BCUT2D eigenvalue weighted by Gasteiger charge is 2.23. The Morgan fingerprint density at radius 1 is 0.294 bits per heavy atom. The molecule has 6 nitrogen and oxygen atoms in total. The number of nitrogens with zero attached hydrogens (tertiary/aromatic N) is 3. The van der Waals surface area contributed by atoms with E-state index in [4.69, 9.17) is 28.2 Å². The summed E-state index contributed by atoms with van der Waals surface area (Å²) in [5.74, 6) is 1.58. The van der Waals surface area contributed by atoms with Gasteiger partial charge >= 0.3 is 0 Å². The van der Waals surface area contributed by atoms with Crippen LogP contribution < -0.4 is 0 Å². The van der Waals surface area contributed by atoms with E-state index in [1.807, 2.05) is 97.1 Å². The highest BCUT2D eigenvalue weighted by molar-refractivity contribution is 6.19. The summed E-state index contributed by atoms with van der Waals surface area (Å²) in [6, 6.07) is 51.0. The SMILES string of the molecule is c1ccc(-c2nc(-c3cccc4c3oc3ccccc34)nc(-c3ccc(-c4cccc5c4oc4ccccc45)c4c3oc3ccccc34)n2)cc1. The van der Waals surface area contributed by atoms with Crippen molar-refractivity contribution in [3.05, 3.63) is 152 Å². The Balaban J connectivity index is 1.19. The van der Waals surface area contributed by atoms with Gasteiger partial charge in [-0.15, -0.1) is 0 Å². The van der Waals surface area contributed by atoms with E-state index < -0.39 is 0 Å². The summed E-state index contributed by atoms with van der Waals surface area (Å²) in [6.07, 6.45) is 0. The maximum Gasteiger partial charge on any atom is 0.167 e. The molecule has 11 aromatic rings. The topological polar surface area (TPSA) is 78.1 Å². The molecule has 4 aromatic heterocycles. The third-order valence-electron chi connectivity index (χ3n) is 9.77. The van der Waals surface area contributed by atoms with Crippen LogP contribution in [0.1, 0.15) is 0 Å². The van der Waals surface area contributed by atoms with Gasteiger partial charge in [0.1, 0.15) is 33.5 Å². The Labute approximate surface area is 290 Å². The van der Waals surface area contributed by atoms with Crippen LogP contribution in [0.4, 0.5) is 0 Å². The van der Waals surface area contributed by atoms with Gasteiger partial charge in [0.05, 0.1) is 11.1 Å². The van der Waals surface area contributed by atoms with Crippen LogP contribution in [-0.4, -0.2) is 15.0 Å². The van der Waals surface area contributed by atoms with Crippen LogP contribution in [0.25, 0.3) is 111 Å². The van der Waals surface area contributed by atoms with Crippen molar-refractivity contribution in [3.63, 3.8) is 0 Å². The van der Waals surface area contributed by atoms with Crippen LogP contribution in [-0.2, 0) is 0 Å². The first-order valence-corrected chi connectivity index (χ1v) is 16.9. The molecule has 0 N–H and O–H groups in total. The summed E-state index contributed by atoms with van der Waals surface area (Å²) < 4.78 is 19.7. The Morgan fingerprint density at radius 2 is 0.745 bits per heavy atom. The molecule has 51 heavy (non-hydrogen) atoms. The van der Waals surface area contributed by atoms with Gasteiger partial charge in [-0.05, 0) is 35.9 Å². The summed E-state index contributed by atoms with van der Waals surface area (Å²) in [7, 11) is 0. The van der Waals surface area contributed by atoms with Crippen LogP contribution in [0.5, 0.6) is 0 Å². The van der Waals surface area contributed by atoms with E-state index in [0.717, 1.165) is 88.0 Å². The van der Waals surface area contributed by atoms with E-state index in [0.29, 0.717) is 23.1 Å². The second-order valence-corrected chi connectivity index (χ2v) is 12.7. The van der Waals surface area contributed by atoms with Crippen LogP contribution in [0.2, 0.25) is 0 Å². The minimum Gasteiger partial charge on any atom is -0.455 e. The van der Waals surface area contributed by atoms with Gasteiger partial charge in [0.2, 0.25) is 0 Å². The zero-order valence-electron chi connectivity index (χ0n) is 27.0. The zero-order valence-corrected chi connectivity index (χ0v) is 27.0. The molecule has 0 saturated carbocycles. The molecule has 0 bridgehead atoms. The fraction of sp³-hybridized carbons (Fsp3) is 0. The Bertz CT molecular complexity index is 3150. The van der Waals surface area contributed by atoms with Crippen molar-refractivity contribution < 1.29 is 13.3 Å². The van der Waals surface area contributed by atoms with Gasteiger partial charge in [0.25, 0.3) is 0 Å². The molecule has 0 saturated heterocycles. The van der Waals surface area contributed by atoms with E-state index in [9.17, 15) is 0 Å². The standard InChI is InChI=1S/C45H25N3O3/c1-2-12-26(13-3-1)43-46-44(34-20-11-18-31-28-15-5-8-22-37(28)50-41(31)34)48-45(47-43)35-25-24-29(39-33-16-6-9-23-38(33)51-42(35)39)32-19-10-17-30-27-14-4-7-21-36(27)49-40(30)32/h1-25H. The largest absolute Gasteiger partial charge is 0.455 e. The molecular weight excluding hydrogens is 631 g/mol. The maximum absolute atomic E-state index is 6.72. The Hall–Kier alpha value is -7.05. The first kappa shape index (κ1) is 27.9. The van der Waals surface area contributed by atoms with E-state index in [1.54, 1.807) is 0 Å². The normalized spacial score (nSPS) is 11.9. The number of fused-ring (bicyclic) bond motifs is 9. The molecule has 0 atom stereocenters. The number of para-hydroxylation sites is 5. The second kappa shape index (κ2) is 10.7. The summed E-state index contributed by atoms with van der Waals surface area (Å²) in [4.78, 5) is 15.3. The molecule has 0 radical (unpaired) electrons. The number of rotatable bonds is 4. The third-order valence-corrected chi connectivity index (χ3v) is 9.77. The van der Waals surface area contributed by atoms with Crippen molar-refractivity contribution in [2.45, 2.75) is 0 Å². The number of aromatic nitrogens is 3. The van der Waals surface area contributed by atoms with Crippen LogP contribution in [0.15, 0.2) is 165 Å². The van der Waals surface area contributed by atoms with Gasteiger partial charge in [0.15, 0.2) is 17.5 Å². The number of hydrogen-bond acceptors (Lipinski definition) is 6. The quantitative estimate of drug-likeness (QED) is 0.188. The molecule has 0 aliphatic heterocycles. The number of hydrogen-bond donors (Lipinski definition) is 0. The molecule has 11 rings (SSSR count). The summed E-state index contributed by atoms with van der Waals surface area (Å²) >= 11 is 0. The molecule has 0 spiro atoms. The molecule has 0 aliphatic carbocycles. The van der Waals surface area contributed by atoms with E-state index in [2.05, 4.69) is 54.6 Å². The predicted octanol–water partition coefficient (Wildman–Crippen LogP) is 12.2. The van der Waals surface area contributed by atoms with Gasteiger partial charge in [-0.3, -0.25) is 0 Å². The average molecular weight is 656 g/mol. The van der Waals surface area contributed by atoms with Crippen LogP contribution >= 0.6 is 0 Å². The van der Waals surface area contributed by atoms with Crippen molar-refractivity contribution in [2.75, 3.05) is 0 Å². The van der Waals surface area contributed by atoms with E-state index in [1.165, 1.54) is 0 Å². The maximum atomic E-state index is 6.72. The van der Waals surface area contributed by atoms with Crippen molar-refractivity contribution in [2.24, 2.45) is 0 Å². The minimum atomic E-state index is 0.504. The van der Waals surface area contributed by atoms with Gasteiger partial charge in [-0.25, -0.2) is 15.0 Å². The summed E-state index contributed by atoms with van der Waals surface area (Å²) in [6.45, 7) is 0. The number of furan rings is 3. The molecule has 0 amide bonds. The first-order valence-electron chi connectivity index (χ1n) is 16.9. The van der Waals surface area contributed by atoms with E-state index in [-0.39, 0.29) is 0 Å². The molecule has 6 heteroatoms. The highest BCUT2D eigenvalue weighted by atomic mass is 16.3. The highest BCUT2D eigenvalue weighted by Crippen LogP contribution is 2.45. The monoisotopic (exact) mass is 655 g/mol. The molecular formula is C45H25N3O3. The van der Waals surface area contributed by atoms with Gasteiger partial charge < -0.3 is 13.3 Å². The number of benzene rings is 7. The van der Waals surface area contributed by atoms with E-state index >= 15 is 0 Å². The van der Waals surface area contributed by atoms with Gasteiger partial charge in [-0.2, -0.15) is 0 Å². The molecule has 0 aliphatic rings. The average Bonchev–Trinajstić information content (AvgIpc) is 3.89. The summed E-state index contributed by atoms with van der Waals surface area (Å²) in [5.41, 5.74) is 9.15.